The molecule has 2 aromatic rings. The van der Waals surface area contributed by atoms with E-state index in [2.05, 4.69) is 10.6 Å². The van der Waals surface area contributed by atoms with Crippen molar-refractivity contribution in [3.63, 3.8) is 0 Å². The van der Waals surface area contributed by atoms with E-state index in [1.165, 1.54) is 0 Å². The Labute approximate surface area is 142 Å². The lowest BCUT2D eigenvalue weighted by atomic mass is 10.1. The number of rotatable bonds is 5. The van der Waals surface area contributed by atoms with Crippen molar-refractivity contribution in [3.8, 4) is 0 Å². The van der Waals surface area contributed by atoms with Crippen LogP contribution in [0.4, 0.5) is 10.5 Å². The molecule has 0 aliphatic carbocycles. The fraction of sp³-hybridized carbons (Fsp3) is 0.263. The second-order valence-corrected chi connectivity index (χ2v) is 5.96. The fourth-order valence-electron chi connectivity index (χ4n) is 2.46. The molecule has 0 bridgehead atoms. The third-order valence-electron chi connectivity index (χ3n) is 3.87. The third-order valence-corrected chi connectivity index (χ3v) is 3.87. The maximum Gasteiger partial charge on any atom is 0.326 e. The Balaban J connectivity index is 1.80. The van der Waals surface area contributed by atoms with Crippen LogP contribution < -0.4 is 16.0 Å². The van der Waals surface area contributed by atoms with Crippen molar-refractivity contribution in [3.05, 3.63) is 65.2 Å². The number of hydrogen-bond acceptors (Lipinski definition) is 2. The minimum atomic E-state index is -0.507. The summed E-state index contributed by atoms with van der Waals surface area (Å²) in [6, 6.07) is 15.3. The van der Waals surface area contributed by atoms with Crippen molar-refractivity contribution in [1.29, 1.82) is 0 Å². The largest absolute Gasteiger partial charge is 0.333 e. The van der Waals surface area contributed by atoms with Crippen LogP contribution in [0.15, 0.2) is 48.5 Å². The van der Waals surface area contributed by atoms with Crippen molar-refractivity contribution in [2.75, 3.05) is 11.9 Å². The molecule has 0 saturated carbocycles. The maximum atomic E-state index is 11.9. The predicted molar refractivity (Wildman–Crippen MR) is 94.7 cm³/mol. The van der Waals surface area contributed by atoms with Gasteiger partial charge in [0.25, 0.3) is 5.91 Å². The van der Waals surface area contributed by atoms with Gasteiger partial charge in [0.15, 0.2) is 6.54 Å². The number of urea groups is 1. The summed E-state index contributed by atoms with van der Waals surface area (Å²) in [6.45, 7) is 6.12. The number of nitrogens with two attached hydrogens (primary N) is 1. The van der Waals surface area contributed by atoms with Crippen LogP contribution >= 0.6 is 0 Å². The second-order valence-electron chi connectivity index (χ2n) is 5.96. The highest BCUT2D eigenvalue weighted by Crippen LogP contribution is 2.15. The molecule has 0 radical (unpaired) electrons. The van der Waals surface area contributed by atoms with Gasteiger partial charge in [-0.1, -0.05) is 48.0 Å². The molecule has 2 rings (SSSR count). The second kappa shape index (κ2) is 8.26. The molecule has 0 saturated heterocycles. The van der Waals surface area contributed by atoms with Gasteiger partial charge in [-0.2, -0.15) is 0 Å². The molecule has 0 fully saturated rings. The molecule has 0 aromatic heterocycles. The number of aryl methyl sites for hydroxylation is 2. The Morgan fingerprint density at radius 1 is 1.08 bits per heavy atom. The van der Waals surface area contributed by atoms with E-state index in [1.807, 2.05) is 74.6 Å². The molecule has 1 atom stereocenters. The van der Waals surface area contributed by atoms with Crippen molar-refractivity contribution in [2.45, 2.75) is 26.8 Å². The maximum absolute atomic E-state index is 11.9. The molecule has 5 nitrogen and oxygen atoms in total. The predicted octanol–water partition coefficient (Wildman–Crippen LogP) is 2.28. The lowest BCUT2D eigenvalue weighted by molar-refractivity contribution is -0.682. The van der Waals surface area contributed by atoms with Gasteiger partial charge in [-0.3, -0.25) is 10.1 Å². The first kappa shape index (κ1) is 17.7. The molecule has 3 amide bonds. The molecule has 0 aliphatic rings. The first-order valence-electron chi connectivity index (χ1n) is 8.02. The van der Waals surface area contributed by atoms with Crippen molar-refractivity contribution in [1.82, 2.24) is 5.32 Å². The smallest absolute Gasteiger partial charge is 0.326 e. The molecule has 0 unspecified atom stereocenters. The molecule has 0 spiro atoms. The van der Waals surface area contributed by atoms with E-state index in [0.29, 0.717) is 5.69 Å². The number of nitrogens with one attached hydrogen (secondary N) is 2. The summed E-state index contributed by atoms with van der Waals surface area (Å²) in [5, 5.41) is 6.96. The van der Waals surface area contributed by atoms with E-state index in [4.69, 9.17) is 0 Å². The van der Waals surface area contributed by atoms with Crippen molar-refractivity contribution in [2.24, 2.45) is 0 Å². The van der Waals surface area contributed by atoms with Gasteiger partial charge in [0.05, 0.1) is 0 Å². The minimum absolute atomic E-state index is 0.152. The topological polar surface area (TPSA) is 74.8 Å². The Kier molecular flexibility index (Phi) is 6.09. The average Bonchev–Trinajstić information content (AvgIpc) is 2.56. The number of anilines is 1. The lowest BCUT2D eigenvalue weighted by Gasteiger charge is -2.12. The van der Waals surface area contributed by atoms with Crippen LogP contribution in [0.25, 0.3) is 0 Å². The van der Waals surface area contributed by atoms with E-state index < -0.39 is 6.03 Å². The van der Waals surface area contributed by atoms with Crippen LogP contribution in [0.1, 0.15) is 29.7 Å². The standard InChI is InChI=1S/C19H23N3O2/c1-13-9-10-17(14(2)11-13)21-19(24)22-18(23)12-20-15(3)16-7-5-4-6-8-16/h4-11,15,20H,12H2,1-3H3,(H2,21,22,23,24)/p+1/t15-/m1/s1. The van der Waals surface area contributed by atoms with Crippen LogP contribution in [-0.2, 0) is 4.79 Å². The number of carbonyl (C=O) groups excluding carboxylic acids is 2. The third kappa shape index (κ3) is 5.21. The number of carbonyl (C=O) groups is 2. The van der Waals surface area contributed by atoms with Gasteiger partial charge in [0.1, 0.15) is 6.04 Å². The van der Waals surface area contributed by atoms with Crippen molar-refractivity contribution < 1.29 is 14.9 Å². The minimum Gasteiger partial charge on any atom is -0.333 e. The zero-order chi connectivity index (χ0) is 17.5. The monoisotopic (exact) mass is 326 g/mol. The highest BCUT2D eigenvalue weighted by Gasteiger charge is 2.14. The van der Waals surface area contributed by atoms with Crippen molar-refractivity contribution >= 4 is 17.6 Å². The van der Waals surface area contributed by atoms with E-state index in [9.17, 15) is 9.59 Å². The van der Waals surface area contributed by atoms with Gasteiger partial charge < -0.3 is 10.6 Å². The van der Waals surface area contributed by atoms with E-state index in [-0.39, 0.29) is 18.5 Å². The summed E-state index contributed by atoms with van der Waals surface area (Å²) in [5.74, 6) is -0.319. The molecule has 4 N–H and O–H groups in total. The lowest BCUT2D eigenvalue weighted by Crippen LogP contribution is -2.87. The molecule has 126 valence electrons. The van der Waals surface area contributed by atoms with Gasteiger partial charge in [-0.15, -0.1) is 0 Å². The molecule has 5 heteroatoms. The Hall–Kier alpha value is -2.66. The molecule has 24 heavy (non-hydrogen) atoms. The summed E-state index contributed by atoms with van der Waals surface area (Å²) < 4.78 is 0. The Bertz CT molecular complexity index is 714. The zero-order valence-electron chi connectivity index (χ0n) is 14.3. The van der Waals surface area contributed by atoms with Gasteiger partial charge in [0.2, 0.25) is 0 Å². The van der Waals surface area contributed by atoms with E-state index in [0.717, 1.165) is 16.7 Å². The molecule has 0 heterocycles. The SMILES string of the molecule is Cc1ccc(NC(=O)NC(=O)C[NH2+][C@H](C)c2ccccc2)c(C)c1. The summed E-state index contributed by atoms with van der Waals surface area (Å²) in [4.78, 5) is 23.8. The van der Waals surface area contributed by atoms with Crippen LogP contribution in [-0.4, -0.2) is 18.5 Å². The van der Waals surface area contributed by atoms with Gasteiger partial charge in [0, 0.05) is 11.3 Å². The van der Waals surface area contributed by atoms with Gasteiger partial charge in [-0.25, -0.2) is 4.79 Å². The number of quaternary nitrogens is 1. The normalized spacial score (nSPS) is 11.6. The van der Waals surface area contributed by atoms with E-state index >= 15 is 0 Å². The highest BCUT2D eigenvalue weighted by atomic mass is 16.2. The summed E-state index contributed by atoms with van der Waals surface area (Å²) in [5.41, 5.74) is 3.93. The quantitative estimate of drug-likeness (QED) is 0.788. The fourth-order valence-corrected chi connectivity index (χ4v) is 2.46. The van der Waals surface area contributed by atoms with Gasteiger partial charge >= 0.3 is 6.03 Å². The number of amides is 3. The Morgan fingerprint density at radius 2 is 1.79 bits per heavy atom. The average molecular weight is 326 g/mol. The molecule has 2 aromatic carbocycles. The molecule has 0 aliphatic heterocycles. The van der Waals surface area contributed by atoms with E-state index in [1.54, 1.807) is 0 Å². The number of imide groups is 1. The van der Waals surface area contributed by atoms with Crippen LogP contribution in [0.3, 0.4) is 0 Å². The van der Waals surface area contributed by atoms with Crippen LogP contribution in [0.2, 0.25) is 0 Å². The summed E-state index contributed by atoms with van der Waals surface area (Å²) >= 11 is 0. The number of benzene rings is 2. The Morgan fingerprint density at radius 3 is 2.46 bits per heavy atom. The van der Waals surface area contributed by atoms with Gasteiger partial charge in [-0.05, 0) is 32.4 Å². The summed E-state index contributed by atoms with van der Waals surface area (Å²) in [6.07, 6.45) is 0. The first-order chi connectivity index (χ1) is 11.5. The molecular weight excluding hydrogens is 302 g/mol. The zero-order valence-corrected chi connectivity index (χ0v) is 14.3. The first-order valence-corrected chi connectivity index (χ1v) is 8.02. The highest BCUT2D eigenvalue weighted by molar-refractivity contribution is 6.01. The van der Waals surface area contributed by atoms with Crippen LogP contribution in [0, 0.1) is 13.8 Å². The molecular formula is C19H24N3O2+. The number of hydrogen-bond donors (Lipinski definition) is 3. The summed E-state index contributed by atoms with van der Waals surface area (Å²) in [7, 11) is 0. The van der Waals surface area contributed by atoms with Crippen LogP contribution in [0.5, 0.6) is 0 Å².